The molecule has 1 aromatic carbocycles. The second-order valence-electron chi connectivity index (χ2n) is 5.27. The molecule has 18 heavy (non-hydrogen) atoms. The van der Waals surface area contributed by atoms with Crippen LogP contribution in [0.1, 0.15) is 44.2 Å². The highest BCUT2D eigenvalue weighted by molar-refractivity contribution is 9.10. The van der Waals surface area contributed by atoms with E-state index in [-0.39, 0.29) is 0 Å². The van der Waals surface area contributed by atoms with Gasteiger partial charge in [0, 0.05) is 29.3 Å². The van der Waals surface area contributed by atoms with Gasteiger partial charge in [0.05, 0.1) is 0 Å². The van der Waals surface area contributed by atoms with Crippen molar-refractivity contribution in [1.29, 1.82) is 0 Å². The molecule has 0 aromatic heterocycles. The Morgan fingerprint density at radius 2 is 2.00 bits per heavy atom. The largest absolute Gasteiger partial charge is 0.372 e. The van der Waals surface area contributed by atoms with Crippen LogP contribution < -0.4 is 10.2 Å². The third-order valence-electron chi connectivity index (χ3n) is 4.16. The maximum absolute atomic E-state index is 3.70. The van der Waals surface area contributed by atoms with Crippen molar-refractivity contribution in [2.75, 3.05) is 19.0 Å². The third kappa shape index (κ3) is 2.89. The van der Waals surface area contributed by atoms with Crippen molar-refractivity contribution in [1.82, 2.24) is 5.32 Å². The molecule has 0 spiro atoms. The van der Waals surface area contributed by atoms with E-state index in [0.717, 1.165) is 6.04 Å². The fourth-order valence-electron chi connectivity index (χ4n) is 2.74. The Morgan fingerprint density at radius 3 is 2.56 bits per heavy atom. The van der Waals surface area contributed by atoms with Gasteiger partial charge >= 0.3 is 0 Å². The molecule has 0 saturated heterocycles. The van der Waals surface area contributed by atoms with Crippen LogP contribution in [-0.4, -0.2) is 20.1 Å². The van der Waals surface area contributed by atoms with Crippen molar-refractivity contribution in [3.8, 4) is 0 Å². The van der Waals surface area contributed by atoms with E-state index in [9.17, 15) is 0 Å². The maximum atomic E-state index is 3.70. The first-order chi connectivity index (χ1) is 8.63. The predicted molar refractivity (Wildman–Crippen MR) is 82.3 cm³/mol. The van der Waals surface area contributed by atoms with Crippen molar-refractivity contribution in [3.63, 3.8) is 0 Å². The number of rotatable bonds is 4. The van der Waals surface area contributed by atoms with Gasteiger partial charge in [-0.05, 0) is 44.5 Å². The summed E-state index contributed by atoms with van der Waals surface area (Å²) >= 11 is 3.70. The molecule has 0 bridgehead atoms. The molecule has 0 amide bonds. The molecule has 0 radical (unpaired) electrons. The van der Waals surface area contributed by atoms with Crippen LogP contribution in [0.15, 0.2) is 22.7 Å². The van der Waals surface area contributed by atoms with Crippen LogP contribution in [-0.2, 0) is 0 Å². The van der Waals surface area contributed by atoms with Crippen molar-refractivity contribution in [2.45, 2.75) is 44.7 Å². The van der Waals surface area contributed by atoms with Crippen LogP contribution in [0.3, 0.4) is 0 Å². The number of benzene rings is 1. The first-order valence-corrected chi connectivity index (χ1v) is 7.62. The molecule has 1 N–H and O–H groups in total. The summed E-state index contributed by atoms with van der Waals surface area (Å²) in [7, 11) is 4.22. The molecule has 100 valence electrons. The molecule has 1 fully saturated rings. The molecule has 0 heterocycles. The van der Waals surface area contributed by atoms with E-state index >= 15 is 0 Å². The summed E-state index contributed by atoms with van der Waals surface area (Å²) in [6.45, 7) is 2.18. The van der Waals surface area contributed by atoms with Crippen molar-refractivity contribution < 1.29 is 0 Å². The highest BCUT2D eigenvalue weighted by Crippen LogP contribution is 2.31. The Hall–Kier alpha value is -0.540. The Balaban J connectivity index is 2.17. The first kappa shape index (κ1) is 13.9. The van der Waals surface area contributed by atoms with Crippen molar-refractivity contribution >= 4 is 21.6 Å². The third-order valence-corrected chi connectivity index (χ3v) is 4.85. The summed E-state index contributed by atoms with van der Waals surface area (Å²) in [6, 6.07) is 7.83. The number of nitrogens with zero attached hydrogens (tertiary/aromatic N) is 1. The van der Waals surface area contributed by atoms with Crippen LogP contribution in [0.4, 0.5) is 5.69 Å². The summed E-state index contributed by atoms with van der Waals surface area (Å²) in [4.78, 5) is 2.44. The zero-order valence-corrected chi connectivity index (χ0v) is 13.1. The smallest absolute Gasteiger partial charge is 0.0377 e. The summed E-state index contributed by atoms with van der Waals surface area (Å²) in [6.07, 6.45) is 5.43. The number of halogens is 1. The lowest BCUT2D eigenvalue weighted by Gasteiger charge is -2.27. The molecule has 1 aliphatic rings. The van der Waals surface area contributed by atoms with Gasteiger partial charge in [-0.2, -0.15) is 0 Å². The fourth-order valence-corrected chi connectivity index (χ4v) is 3.45. The summed E-state index contributed by atoms with van der Waals surface area (Å²) in [5.74, 6) is 0. The van der Waals surface area contributed by atoms with Gasteiger partial charge in [0.1, 0.15) is 0 Å². The predicted octanol–water partition coefficient (Wildman–Crippen LogP) is 4.11. The molecule has 1 aliphatic carbocycles. The van der Waals surface area contributed by atoms with Crippen LogP contribution in [0.25, 0.3) is 0 Å². The average molecular weight is 311 g/mol. The summed E-state index contributed by atoms with van der Waals surface area (Å²) < 4.78 is 1.20. The summed E-state index contributed by atoms with van der Waals surface area (Å²) in [5, 5.41) is 3.28. The molecule has 1 unspecified atom stereocenters. The SMILES string of the molecule is CNC(C)c1ccc(N(C)C2CCCC2)cc1Br. The molecular formula is C15H23BrN2. The van der Waals surface area contributed by atoms with Gasteiger partial charge in [-0.15, -0.1) is 0 Å². The Labute approximate surface area is 119 Å². The number of anilines is 1. The highest BCUT2D eigenvalue weighted by atomic mass is 79.9. The number of nitrogens with one attached hydrogen (secondary N) is 1. The highest BCUT2D eigenvalue weighted by Gasteiger charge is 2.20. The minimum Gasteiger partial charge on any atom is -0.372 e. The van der Waals surface area contributed by atoms with Gasteiger partial charge in [-0.25, -0.2) is 0 Å². The molecule has 1 saturated carbocycles. The standard InChI is InChI=1S/C15H23BrN2/c1-11(17-2)14-9-8-13(10-15(14)16)18(3)12-6-4-5-7-12/h8-12,17H,4-7H2,1-3H3. The topological polar surface area (TPSA) is 15.3 Å². The molecule has 3 heteroatoms. The van der Waals surface area contributed by atoms with E-state index in [4.69, 9.17) is 0 Å². The van der Waals surface area contributed by atoms with E-state index in [1.807, 2.05) is 7.05 Å². The lowest BCUT2D eigenvalue weighted by molar-refractivity contribution is 0.644. The van der Waals surface area contributed by atoms with Gasteiger partial charge in [-0.3, -0.25) is 0 Å². The normalized spacial score (nSPS) is 18.0. The van der Waals surface area contributed by atoms with Crippen LogP contribution in [0.5, 0.6) is 0 Å². The zero-order chi connectivity index (χ0) is 13.1. The average Bonchev–Trinajstić information content (AvgIpc) is 2.90. The minimum atomic E-state index is 0.380. The Bertz CT molecular complexity index is 399. The molecule has 2 nitrogen and oxygen atoms in total. The molecule has 0 aliphatic heterocycles. The van der Waals surface area contributed by atoms with Crippen molar-refractivity contribution in [2.24, 2.45) is 0 Å². The first-order valence-electron chi connectivity index (χ1n) is 6.83. The zero-order valence-electron chi connectivity index (χ0n) is 11.5. The van der Waals surface area contributed by atoms with Gasteiger partial charge in [-0.1, -0.05) is 34.8 Å². The van der Waals surface area contributed by atoms with Gasteiger partial charge in [0.15, 0.2) is 0 Å². The molecule has 1 aromatic rings. The molecule has 2 rings (SSSR count). The molecular weight excluding hydrogens is 288 g/mol. The number of hydrogen-bond donors (Lipinski definition) is 1. The van der Waals surface area contributed by atoms with E-state index in [1.165, 1.54) is 41.4 Å². The van der Waals surface area contributed by atoms with Crippen LogP contribution >= 0.6 is 15.9 Å². The lowest BCUT2D eigenvalue weighted by atomic mass is 10.1. The van der Waals surface area contributed by atoms with Gasteiger partial charge < -0.3 is 10.2 Å². The fraction of sp³-hybridized carbons (Fsp3) is 0.600. The van der Waals surface area contributed by atoms with E-state index in [0.29, 0.717) is 6.04 Å². The number of hydrogen-bond acceptors (Lipinski definition) is 2. The van der Waals surface area contributed by atoms with E-state index in [2.05, 4.69) is 58.3 Å². The Morgan fingerprint density at radius 1 is 1.33 bits per heavy atom. The Kier molecular flexibility index (Phi) is 4.68. The minimum absolute atomic E-state index is 0.380. The quantitative estimate of drug-likeness (QED) is 0.900. The summed E-state index contributed by atoms with van der Waals surface area (Å²) in [5.41, 5.74) is 2.64. The van der Waals surface area contributed by atoms with Gasteiger partial charge in [0.25, 0.3) is 0 Å². The lowest BCUT2D eigenvalue weighted by Crippen LogP contribution is -2.28. The second-order valence-corrected chi connectivity index (χ2v) is 6.12. The maximum Gasteiger partial charge on any atom is 0.0377 e. The van der Waals surface area contributed by atoms with Gasteiger partial charge in [0.2, 0.25) is 0 Å². The van der Waals surface area contributed by atoms with E-state index < -0.39 is 0 Å². The van der Waals surface area contributed by atoms with Crippen LogP contribution in [0, 0.1) is 0 Å². The van der Waals surface area contributed by atoms with E-state index in [1.54, 1.807) is 0 Å². The second kappa shape index (κ2) is 6.07. The monoisotopic (exact) mass is 310 g/mol. The van der Waals surface area contributed by atoms with Crippen LogP contribution in [0.2, 0.25) is 0 Å². The molecule has 1 atom stereocenters. The van der Waals surface area contributed by atoms with Crippen molar-refractivity contribution in [3.05, 3.63) is 28.2 Å².